The molecular formula is C63H116O6. The Hall–Kier alpha value is -2.37. The Balaban J connectivity index is 4.00. The molecule has 0 aromatic carbocycles. The smallest absolute Gasteiger partial charge is 0.306 e. The number of esters is 3. The summed E-state index contributed by atoms with van der Waals surface area (Å²) in [6, 6.07) is 0. The Kier molecular flexibility index (Phi) is 56.2. The summed E-state index contributed by atoms with van der Waals surface area (Å²) in [7, 11) is 0. The van der Waals surface area contributed by atoms with Crippen LogP contribution in [0.5, 0.6) is 0 Å². The van der Waals surface area contributed by atoms with Gasteiger partial charge in [0, 0.05) is 19.3 Å². The molecule has 0 aromatic heterocycles. The van der Waals surface area contributed by atoms with Crippen molar-refractivity contribution >= 4 is 17.9 Å². The van der Waals surface area contributed by atoms with Crippen molar-refractivity contribution in [3.8, 4) is 0 Å². The van der Waals surface area contributed by atoms with Crippen LogP contribution in [0.25, 0.3) is 0 Å². The van der Waals surface area contributed by atoms with Gasteiger partial charge >= 0.3 is 17.9 Å². The van der Waals surface area contributed by atoms with E-state index in [-0.39, 0.29) is 31.1 Å². The Morgan fingerprint density at radius 3 is 0.841 bits per heavy atom. The normalized spacial score (nSPS) is 12.2. The Bertz CT molecular complexity index is 1160. The van der Waals surface area contributed by atoms with Gasteiger partial charge in [-0.25, -0.2) is 0 Å². The van der Waals surface area contributed by atoms with Crippen LogP contribution >= 0.6 is 0 Å². The number of carbonyl (C=O) groups excluding carboxylic acids is 3. The molecule has 0 N–H and O–H groups in total. The van der Waals surface area contributed by atoms with E-state index in [1.54, 1.807) is 0 Å². The van der Waals surface area contributed by atoms with Crippen LogP contribution in [0.4, 0.5) is 0 Å². The molecule has 0 heterocycles. The fraction of sp³-hybridized carbons (Fsp3) is 0.857. The van der Waals surface area contributed by atoms with Crippen LogP contribution in [0.2, 0.25) is 0 Å². The number of hydrogen-bond acceptors (Lipinski definition) is 6. The maximum Gasteiger partial charge on any atom is 0.306 e. The van der Waals surface area contributed by atoms with Crippen molar-refractivity contribution in [1.82, 2.24) is 0 Å². The van der Waals surface area contributed by atoms with Gasteiger partial charge in [-0.2, -0.15) is 0 Å². The van der Waals surface area contributed by atoms with Crippen molar-refractivity contribution in [2.75, 3.05) is 13.2 Å². The van der Waals surface area contributed by atoms with E-state index in [0.29, 0.717) is 19.3 Å². The monoisotopic (exact) mass is 969 g/mol. The minimum atomic E-state index is -0.773. The number of rotatable bonds is 56. The van der Waals surface area contributed by atoms with E-state index in [1.807, 2.05) is 0 Å². The quantitative estimate of drug-likeness (QED) is 0.0261. The number of hydrogen-bond donors (Lipinski definition) is 0. The van der Waals surface area contributed by atoms with Gasteiger partial charge in [0.25, 0.3) is 0 Å². The first-order chi connectivity index (χ1) is 34.0. The lowest BCUT2D eigenvalue weighted by molar-refractivity contribution is -0.167. The highest BCUT2D eigenvalue weighted by Crippen LogP contribution is 2.17. The lowest BCUT2D eigenvalue weighted by atomic mass is 10.0. The van der Waals surface area contributed by atoms with E-state index < -0.39 is 6.10 Å². The van der Waals surface area contributed by atoms with E-state index in [0.717, 1.165) is 83.5 Å². The van der Waals surface area contributed by atoms with Crippen LogP contribution in [0.1, 0.15) is 329 Å². The molecule has 0 bridgehead atoms. The van der Waals surface area contributed by atoms with Crippen LogP contribution in [-0.4, -0.2) is 37.2 Å². The van der Waals surface area contributed by atoms with E-state index in [9.17, 15) is 14.4 Å². The first kappa shape index (κ1) is 66.6. The van der Waals surface area contributed by atoms with Crippen molar-refractivity contribution in [2.45, 2.75) is 335 Å². The molecule has 0 spiro atoms. The van der Waals surface area contributed by atoms with Crippen LogP contribution in [0.3, 0.4) is 0 Å². The molecule has 0 aliphatic heterocycles. The second-order valence-electron chi connectivity index (χ2n) is 20.6. The van der Waals surface area contributed by atoms with Crippen LogP contribution in [-0.2, 0) is 28.6 Å². The van der Waals surface area contributed by atoms with Gasteiger partial charge in [0.05, 0.1) is 0 Å². The second kappa shape index (κ2) is 58.2. The summed E-state index contributed by atoms with van der Waals surface area (Å²) < 4.78 is 16.7. The average molecular weight is 970 g/mol. The average Bonchev–Trinajstić information content (AvgIpc) is 3.35. The number of unbranched alkanes of at least 4 members (excludes halogenated alkanes) is 39. The molecule has 0 saturated carbocycles. The summed E-state index contributed by atoms with van der Waals surface area (Å²) in [6.07, 6.45) is 70.6. The van der Waals surface area contributed by atoms with Crippen molar-refractivity contribution < 1.29 is 28.6 Å². The van der Waals surface area contributed by atoms with Gasteiger partial charge < -0.3 is 14.2 Å². The predicted molar refractivity (Wildman–Crippen MR) is 298 cm³/mol. The van der Waals surface area contributed by atoms with Gasteiger partial charge in [-0.05, 0) is 57.8 Å². The summed E-state index contributed by atoms with van der Waals surface area (Å²) in [4.78, 5) is 37.8. The van der Waals surface area contributed by atoms with Crippen LogP contribution < -0.4 is 0 Å². The fourth-order valence-electron chi connectivity index (χ4n) is 9.04. The Morgan fingerprint density at radius 1 is 0.290 bits per heavy atom. The lowest BCUT2D eigenvalue weighted by Crippen LogP contribution is -2.30. The highest BCUT2D eigenvalue weighted by atomic mass is 16.6. The zero-order valence-corrected chi connectivity index (χ0v) is 46.3. The van der Waals surface area contributed by atoms with Crippen molar-refractivity contribution in [3.63, 3.8) is 0 Å². The first-order valence-electron chi connectivity index (χ1n) is 30.5. The zero-order chi connectivity index (χ0) is 50.0. The molecule has 0 aromatic rings. The third-order valence-electron chi connectivity index (χ3n) is 13.6. The second-order valence-corrected chi connectivity index (χ2v) is 20.6. The molecule has 0 saturated heterocycles. The van der Waals surface area contributed by atoms with E-state index >= 15 is 0 Å². The highest BCUT2D eigenvalue weighted by Gasteiger charge is 2.19. The van der Waals surface area contributed by atoms with E-state index in [2.05, 4.69) is 57.2 Å². The number of ether oxygens (including phenoxy) is 3. The number of carbonyl (C=O) groups is 3. The van der Waals surface area contributed by atoms with Crippen molar-refractivity contribution in [2.24, 2.45) is 0 Å². The molecule has 6 heteroatoms. The molecular weight excluding hydrogens is 853 g/mol. The third-order valence-corrected chi connectivity index (χ3v) is 13.6. The minimum Gasteiger partial charge on any atom is -0.462 e. The zero-order valence-electron chi connectivity index (χ0n) is 46.3. The SMILES string of the molecule is CCCCC/C=C\C/C=C\C/C=C\CCCCCCCCC(=O)OC(COC(=O)CCCCCCC)COC(=O)CCCCCCCCCCCCCCCCCCCCCCCCCCCCC. The standard InChI is InChI=1S/C63H116O6/c1-4-7-10-13-15-17-19-21-23-25-27-28-29-30-31-32-33-34-36-37-39-41-43-45-47-50-53-56-62(65)68-59-60(58-67-61(64)55-52-49-12-9-6-3)69-63(66)57-54-51-48-46-44-42-40-38-35-26-24-22-20-18-16-14-11-8-5-2/h16,18,22,24,35,38,60H,4-15,17,19-21,23,25-34,36-37,39-59H2,1-3H3/b18-16-,24-22-,38-35-. The molecule has 0 aliphatic carbocycles. The van der Waals surface area contributed by atoms with Crippen LogP contribution in [0, 0.1) is 0 Å². The predicted octanol–water partition coefficient (Wildman–Crippen LogP) is 20.4. The molecule has 0 radical (unpaired) electrons. The van der Waals surface area contributed by atoms with E-state index in [4.69, 9.17) is 14.2 Å². The van der Waals surface area contributed by atoms with Gasteiger partial charge in [-0.3, -0.25) is 14.4 Å². The van der Waals surface area contributed by atoms with Crippen molar-refractivity contribution in [3.05, 3.63) is 36.5 Å². The van der Waals surface area contributed by atoms with Gasteiger partial charge in [-0.1, -0.05) is 288 Å². The minimum absolute atomic E-state index is 0.0743. The van der Waals surface area contributed by atoms with Gasteiger partial charge in [-0.15, -0.1) is 0 Å². The van der Waals surface area contributed by atoms with Crippen molar-refractivity contribution in [1.29, 1.82) is 0 Å². The molecule has 69 heavy (non-hydrogen) atoms. The molecule has 6 nitrogen and oxygen atoms in total. The summed E-state index contributed by atoms with van der Waals surface area (Å²) in [5, 5.41) is 0. The summed E-state index contributed by atoms with van der Waals surface area (Å²) in [6.45, 7) is 6.56. The molecule has 0 fully saturated rings. The molecule has 1 atom stereocenters. The third kappa shape index (κ3) is 56.4. The van der Waals surface area contributed by atoms with Crippen LogP contribution in [0.15, 0.2) is 36.5 Å². The van der Waals surface area contributed by atoms with Gasteiger partial charge in [0.15, 0.2) is 6.10 Å². The maximum absolute atomic E-state index is 12.8. The molecule has 0 rings (SSSR count). The van der Waals surface area contributed by atoms with Gasteiger partial charge in [0.2, 0.25) is 0 Å². The fourth-order valence-corrected chi connectivity index (χ4v) is 9.04. The van der Waals surface area contributed by atoms with E-state index in [1.165, 1.54) is 205 Å². The number of allylic oxidation sites excluding steroid dienone is 6. The summed E-state index contributed by atoms with van der Waals surface area (Å²) in [5.41, 5.74) is 0. The largest absolute Gasteiger partial charge is 0.462 e. The molecule has 0 amide bonds. The first-order valence-corrected chi connectivity index (χ1v) is 30.5. The maximum atomic E-state index is 12.8. The molecule has 0 aliphatic rings. The summed E-state index contributed by atoms with van der Waals surface area (Å²) in [5.74, 6) is -0.885. The Morgan fingerprint density at radius 2 is 0.522 bits per heavy atom. The van der Waals surface area contributed by atoms with Gasteiger partial charge in [0.1, 0.15) is 13.2 Å². The summed E-state index contributed by atoms with van der Waals surface area (Å²) >= 11 is 0. The lowest BCUT2D eigenvalue weighted by Gasteiger charge is -2.18. The molecule has 1 unspecified atom stereocenters. The highest BCUT2D eigenvalue weighted by molar-refractivity contribution is 5.71. The Labute approximate surface area is 429 Å². The molecule has 404 valence electrons. The topological polar surface area (TPSA) is 78.9 Å².